The van der Waals surface area contributed by atoms with Crippen molar-refractivity contribution in [3.05, 3.63) is 45.9 Å². The van der Waals surface area contributed by atoms with Gasteiger partial charge in [0.2, 0.25) is 0 Å². The molecule has 0 saturated carbocycles. The Kier molecular flexibility index (Phi) is 4.63. The van der Waals surface area contributed by atoms with Crippen molar-refractivity contribution >= 4 is 17.3 Å². The lowest BCUT2D eigenvalue weighted by Crippen LogP contribution is -2.10. The number of rotatable bonds is 5. The first-order valence-electron chi connectivity index (χ1n) is 6.77. The van der Waals surface area contributed by atoms with Crippen LogP contribution in [0.2, 0.25) is 0 Å². The summed E-state index contributed by atoms with van der Waals surface area (Å²) in [5, 5.41) is 11.1. The van der Waals surface area contributed by atoms with Crippen molar-refractivity contribution in [1.29, 1.82) is 0 Å². The van der Waals surface area contributed by atoms with Gasteiger partial charge in [-0.05, 0) is 23.1 Å². The molecule has 5 heteroatoms. The third-order valence-electron chi connectivity index (χ3n) is 3.08. The van der Waals surface area contributed by atoms with Gasteiger partial charge < -0.3 is 9.84 Å². The van der Waals surface area contributed by atoms with Crippen LogP contribution in [-0.2, 0) is 11.8 Å². The SMILES string of the molecule is CC(C)(C)c1ccc(OCCc2nc(C(=O)O)cs2)cc1. The lowest BCUT2D eigenvalue weighted by Gasteiger charge is -2.19. The van der Waals surface area contributed by atoms with Crippen LogP contribution in [0.5, 0.6) is 5.75 Å². The van der Waals surface area contributed by atoms with Gasteiger partial charge in [0.1, 0.15) is 5.75 Å². The Morgan fingerprint density at radius 3 is 2.48 bits per heavy atom. The van der Waals surface area contributed by atoms with E-state index in [-0.39, 0.29) is 11.1 Å². The number of hydrogen-bond donors (Lipinski definition) is 1. The summed E-state index contributed by atoms with van der Waals surface area (Å²) in [6.07, 6.45) is 0.610. The lowest BCUT2D eigenvalue weighted by atomic mass is 9.87. The molecule has 0 spiro atoms. The minimum atomic E-state index is -0.990. The fraction of sp³-hybridized carbons (Fsp3) is 0.375. The van der Waals surface area contributed by atoms with E-state index in [1.165, 1.54) is 16.9 Å². The maximum absolute atomic E-state index is 10.7. The first-order chi connectivity index (χ1) is 9.86. The van der Waals surface area contributed by atoms with Crippen LogP contribution in [0.4, 0.5) is 0 Å². The summed E-state index contributed by atoms with van der Waals surface area (Å²) in [6.45, 7) is 7.00. The summed E-state index contributed by atoms with van der Waals surface area (Å²) in [6, 6.07) is 8.07. The van der Waals surface area contributed by atoms with Gasteiger partial charge in [-0.1, -0.05) is 32.9 Å². The first-order valence-corrected chi connectivity index (χ1v) is 7.65. The molecule has 2 aromatic rings. The second-order valence-electron chi connectivity index (χ2n) is 5.80. The average molecular weight is 305 g/mol. The molecule has 1 N–H and O–H groups in total. The molecule has 1 heterocycles. The second kappa shape index (κ2) is 6.26. The van der Waals surface area contributed by atoms with Crippen molar-refractivity contribution in [2.75, 3.05) is 6.61 Å². The molecule has 2 rings (SSSR count). The maximum atomic E-state index is 10.7. The Morgan fingerprint density at radius 2 is 1.95 bits per heavy atom. The van der Waals surface area contributed by atoms with Crippen molar-refractivity contribution < 1.29 is 14.6 Å². The van der Waals surface area contributed by atoms with Crippen molar-refractivity contribution in [3.8, 4) is 5.75 Å². The van der Waals surface area contributed by atoms with E-state index in [0.29, 0.717) is 13.0 Å². The van der Waals surface area contributed by atoms with Gasteiger partial charge in [-0.15, -0.1) is 11.3 Å². The number of carboxylic acid groups (broad SMARTS) is 1. The molecular weight excluding hydrogens is 286 g/mol. The quantitative estimate of drug-likeness (QED) is 0.913. The van der Waals surface area contributed by atoms with Gasteiger partial charge >= 0.3 is 5.97 Å². The number of hydrogen-bond acceptors (Lipinski definition) is 4. The summed E-state index contributed by atoms with van der Waals surface area (Å²) >= 11 is 1.35. The van der Waals surface area contributed by atoms with Gasteiger partial charge in [0, 0.05) is 11.8 Å². The number of thiazole rings is 1. The lowest BCUT2D eigenvalue weighted by molar-refractivity contribution is 0.0691. The zero-order valence-corrected chi connectivity index (χ0v) is 13.2. The van der Waals surface area contributed by atoms with E-state index < -0.39 is 5.97 Å². The molecule has 0 amide bonds. The van der Waals surface area contributed by atoms with Gasteiger partial charge in [0.25, 0.3) is 0 Å². The zero-order valence-electron chi connectivity index (χ0n) is 12.4. The highest BCUT2D eigenvalue weighted by Gasteiger charge is 2.13. The standard InChI is InChI=1S/C16H19NO3S/c1-16(2,3)11-4-6-12(7-5-11)20-9-8-14-17-13(10-21-14)15(18)19/h4-7,10H,8-9H2,1-3H3,(H,18,19). The Balaban J connectivity index is 1.87. The minimum Gasteiger partial charge on any atom is -0.493 e. The van der Waals surface area contributed by atoms with Crippen LogP contribution in [-0.4, -0.2) is 22.7 Å². The van der Waals surface area contributed by atoms with Gasteiger partial charge in [0.05, 0.1) is 11.6 Å². The van der Waals surface area contributed by atoms with Crippen molar-refractivity contribution in [1.82, 2.24) is 4.98 Å². The molecule has 0 unspecified atom stereocenters. The highest BCUT2D eigenvalue weighted by Crippen LogP contribution is 2.24. The van der Waals surface area contributed by atoms with Crippen molar-refractivity contribution in [3.63, 3.8) is 0 Å². The molecule has 0 fully saturated rings. The number of ether oxygens (including phenoxy) is 1. The molecule has 1 aromatic carbocycles. The van der Waals surface area contributed by atoms with E-state index >= 15 is 0 Å². The molecule has 0 aliphatic rings. The highest BCUT2D eigenvalue weighted by atomic mass is 32.1. The van der Waals surface area contributed by atoms with Gasteiger partial charge in [-0.25, -0.2) is 9.78 Å². The molecule has 0 atom stereocenters. The largest absolute Gasteiger partial charge is 0.493 e. The van der Waals surface area contributed by atoms with Crippen LogP contribution in [0.1, 0.15) is 41.8 Å². The Bertz CT molecular complexity index is 611. The third kappa shape index (κ3) is 4.29. The molecule has 0 bridgehead atoms. The molecule has 4 nitrogen and oxygen atoms in total. The fourth-order valence-corrected chi connectivity index (χ4v) is 2.58. The van der Waals surface area contributed by atoms with Gasteiger partial charge in [-0.3, -0.25) is 0 Å². The van der Waals surface area contributed by atoms with Crippen LogP contribution in [0.15, 0.2) is 29.6 Å². The van der Waals surface area contributed by atoms with Crippen LogP contribution in [0.3, 0.4) is 0 Å². The smallest absolute Gasteiger partial charge is 0.355 e. The number of carboxylic acids is 1. The number of aromatic carboxylic acids is 1. The maximum Gasteiger partial charge on any atom is 0.355 e. The van der Waals surface area contributed by atoms with E-state index in [0.717, 1.165) is 10.8 Å². The van der Waals surface area contributed by atoms with Crippen molar-refractivity contribution in [2.24, 2.45) is 0 Å². The molecule has 0 aliphatic heterocycles. The zero-order chi connectivity index (χ0) is 15.5. The van der Waals surface area contributed by atoms with Crippen LogP contribution < -0.4 is 4.74 Å². The number of aromatic nitrogens is 1. The molecule has 0 aliphatic carbocycles. The number of benzene rings is 1. The van der Waals surface area contributed by atoms with E-state index in [9.17, 15) is 4.79 Å². The van der Waals surface area contributed by atoms with Gasteiger partial charge in [-0.2, -0.15) is 0 Å². The molecule has 0 radical (unpaired) electrons. The topological polar surface area (TPSA) is 59.4 Å². The van der Waals surface area contributed by atoms with Crippen LogP contribution in [0.25, 0.3) is 0 Å². The highest BCUT2D eigenvalue weighted by molar-refractivity contribution is 7.09. The van der Waals surface area contributed by atoms with Crippen LogP contribution in [0, 0.1) is 0 Å². The Labute approximate surface area is 128 Å². The summed E-state index contributed by atoms with van der Waals surface area (Å²) in [7, 11) is 0. The molecule has 1 aromatic heterocycles. The van der Waals surface area contributed by atoms with Crippen molar-refractivity contribution in [2.45, 2.75) is 32.6 Å². The third-order valence-corrected chi connectivity index (χ3v) is 3.98. The summed E-state index contributed by atoms with van der Waals surface area (Å²) < 4.78 is 5.67. The monoisotopic (exact) mass is 305 g/mol. The molecule has 112 valence electrons. The minimum absolute atomic E-state index is 0.101. The normalized spacial score (nSPS) is 11.4. The second-order valence-corrected chi connectivity index (χ2v) is 6.75. The summed E-state index contributed by atoms with van der Waals surface area (Å²) in [5.41, 5.74) is 1.50. The Hall–Kier alpha value is -1.88. The Morgan fingerprint density at radius 1 is 1.29 bits per heavy atom. The summed E-state index contributed by atoms with van der Waals surface area (Å²) in [4.78, 5) is 14.8. The number of nitrogens with zero attached hydrogens (tertiary/aromatic N) is 1. The van der Waals surface area contributed by atoms with Crippen LogP contribution >= 0.6 is 11.3 Å². The van der Waals surface area contributed by atoms with E-state index in [1.54, 1.807) is 5.38 Å². The molecular formula is C16H19NO3S. The van der Waals surface area contributed by atoms with E-state index in [4.69, 9.17) is 9.84 Å². The predicted octanol–water partition coefficient (Wildman–Crippen LogP) is 3.76. The van der Waals surface area contributed by atoms with Gasteiger partial charge in [0.15, 0.2) is 5.69 Å². The molecule has 21 heavy (non-hydrogen) atoms. The number of carbonyl (C=O) groups is 1. The van der Waals surface area contributed by atoms with E-state index in [1.807, 2.05) is 12.1 Å². The first kappa shape index (κ1) is 15.5. The molecule has 0 saturated heterocycles. The van der Waals surface area contributed by atoms with E-state index in [2.05, 4.69) is 37.9 Å². The predicted molar refractivity (Wildman–Crippen MR) is 83.4 cm³/mol. The average Bonchev–Trinajstić information content (AvgIpc) is 2.87. The fourth-order valence-electron chi connectivity index (χ4n) is 1.83. The summed E-state index contributed by atoms with van der Waals surface area (Å²) in [5.74, 6) is -0.172.